The van der Waals surface area contributed by atoms with Crippen LogP contribution in [0.25, 0.3) is 11.5 Å². The third-order valence-corrected chi connectivity index (χ3v) is 4.22. The van der Waals surface area contributed by atoms with E-state index in [0.29, 0.717) is 0 Å². The van der Waals surface area contributed by atoms with Crippen LogP contribution in [0.3, 0.4) is 0 Å². The normalized spacial score (nSPS) is 17.9. The first kappa shape index (κ1) is 14.7. The van der Waals surface area contributed by atoms with Gasteiger partial charge in [0.05, 0.1) is 6.04 Å². The molecule has 0 bridgehead atoms. The fourth-order valence-electron chi connectivity index (χ4n) is 3.15. The van der Waals surface area contributed by atoms with Crippen molar-refractivity contribution in [2.24, 2.45) is 0 Å². The van der Waals surface area contributed by atoms with Crippen LogP contribution in [-0.2, 0) is 0 Å². The van der Waals surface area contributed by atoms with E-state index in [1.165, 1.54) is 0 Å². The predicted molar refractivity (Wildman–Crippen MR) is 90.3 cm³/mol. The lowest BCUT2D eigenvalue weighted by molar-refractivity contribution is 0.448. The average molecular weight is 321 g/mol. The molecule has 4 heterocycles. The first-order valence-electron chi connectivity index (χ1n) is 8.20. The summed E-state index contributed by atoms with van der Waals surface area (Å²) < 4.78 is 0. The molecule has 1 atom stereocenters. The summed E-state index contributed by atoms with van der Waals surface area (Å²) in [4.78, 5) is 27.9. The van der Waals surface area contributed by atoms with Crippen molar-refractivity contribution in [3.63, 3.8) is 0 Å². The van der Waals surface area contributed by atoms with Gasteiger partial charge < -0.3 is 9.88 Å². The van der Waals surface area contributed by atoms with Crippen LogP contribution in [0.2, 0.25) is 0 Å². The van der Waals surface area contributed by atoms with Gasteiger partial charge in [-0.05, 0) is 38.3 Å². The zero-order valence-corrected chi connectivity index (χ0v) is 13.6. The van der Waals surface area contributed by atoms with Gasteiger partial charge in [-0.15, -0.1) is 0 Å². The Labute approximate surface area is 140 Å². The van der Waals surface area contributed by atoms with Crippen LogP contribution in [-0.4, -0.2) is 36.4 Å². The number of anilines is 1. The third kappa shape index (κ3) is 2.84. The SMILES string of the molecule is Cc1cc(-c2ncc[nH]2)nc(C2CCCCN2c2ncccn2)n1. The number of aromatic amines is 1. The Morgan fingerprint density at radius 3 is 2.75 bits per heavy atom. The molecule has 3 aromatic rings. The summed E-state index contributed by atoms with van der Waals surface area (Å²) in [6, 6.07) is 3.88. The van der Waals surface area contributed by atoms with E-state index in [4.69, 9.17) is 9.97 Å². The van der Waals surface area contributed by atoms with E-state index in [9.17, 15) is 0 Å². The summed E-state index contributed by atoms with van der Waals surface area (Å²) >= 11 is 0. The maximum Gasteiger partial charge on any atom is 0.225 e. The number of hydrogen-bond donors (Lipinski definition) is 1. The van der Waals surface area contributed by atoms with Crippen molar-refractivity contribution in [1.29, 1.82) is 0 Å². The number of aromatic nitrogens is 6. The molecule has 0 radical (unpaired) electrons. The zero-order chi connectivity index (χ0) is 16.4. The number of hydrogen-bond acceptors (Lipinski definition) is 6. The van der Waals surface area contributed by atoms with E-state index >= 15 is 0 Å². The number of aryl methyl sites for hydroxylation is 1. The Balaban J connectivity index is 1.73. The van der Waals surface area contributed by atoms with Gasteiger partial charge in [-0.3, -0.25) is 0 Å². The van der Waals surface area contributed by atoms with E-state index in [0.717, 1.165) is 54.8 Å². The summed E-state index contributed by atoms with van der Waals surface area (Å²) in [5.41, 5.74) is 1.76. The molecule has 1 unspecified atom stereocenters. The van der Waals surface area contributed by atoms with E-state index in [2.05, 4.69) is 24.8 Å². The molecule has 7 nitrogen and oxygen atoms in total. The number of nitrogens with one attached hydrogen (secondary N) is 1. The zero-order valence-electron chi connectivity index (χ0n) is 13.6. The second-order valence-electron chi connectivity index (χ2n) is 5.94. The minimum absolute atomic E-state index is 0.0924. The number of rotatable bonds is 3. The van der Waals surface area contributed by atoms with Gasteiger partial charge in [-0.1, -0.05) is 0 Å². The molecule has 0 spiro atoms. The average Bonchev–Trinajstić information content (AvgIpc) is 3.17. The van der Waals surface area contributed by atoms with Crippen molar-refractivity contribution in [3.05, 3.63) is 48.4 Å². The summed E-state index contributed by atoms with van der Waals surface area (Å²) in [5.74, 6) is 2.32. The minimum atomic E-state index is 0.0924. The molecule has 0 aromatic carbocycles. The molecular weight excluding hydrogens is 302 g/mol. The Morgan fingerprint density at radius 1 is 1.08 bits per heavy atom. The van der Waals surface area contributed by atoms with E-state index < -0.39 is 0 Å². The third-order valence-electron chi connectivity index (χ3n) is 4.22. The first-order chi connectivity index (χ1) is 11.8. The highest BCUT2D eigenvalue weighted by molar-refractivity contribution is 5.49. The van der Waals surface area contributed by atoms with Gasteiger partial charge >= 0.3 is 0 Å². The van der Waals surface area contributed by atoms with Gasteiger partial charge in [0.15, 0.2) is 11.6 Å². The van der Waals surface area contributed by atoms with Crippen LogP contribution in [0, 0.1) is 6.92 Å². The monoisotopic (exact) mass is 321 g/mol. The lowest BCUT2D eigenvalue weighted by atomic mass is 10.0. The summed E-state index contributed by atoms with van der Waals surface area (Å²) in [7, 11) is 0. The number of H-pyrrole nitrogens is 1. The standard InChI is InChI=1S/C17H19N7/c1-12-11-13(15-18-8-9-19-15)23-16(22-12)14-5-2-3-10-24(14)17-20-6-4-7-21-17/h4,6-9,11,14H,2-3,5,10H2,1H3,(H,18,19). The van der Waals surface area contributed by atoms with E-state index in [1.807, 2.05) is 19.1 Å². The molecular formula is C17H19N7. The highest BCUT2D eigenvalue weighted by Crippen LogP contribution is 2.32. The lowest BCUT2D eigenvalue weighted by Gasteiger charge is -2.34. The van der Waals surface area contributed by atoms with Crippen LogP contribution in [0.5, 0.6) is 0 Å². The molecule has 0 saturated carbocycles. The molecule has 1 aliphatic rings. The second kappa shape index (κ2) is 6.35. The summed E-state index contributed by atoms with van der Waals surface area (Å²) in [5, 5.41) is 0. The predicted octanol–water partition coefficient (Wildman–Crippen LogP) is 2.70. The van der Waals surface area contributed by atoms with Crippen molar-refractivity contribution in [2.75, 3.05) is 11.4 Å². The van der Waals surface area contributed by atoms with Crippen LogP contribution in [0.1, 0.15) is 36.8 Å². The van der Waals surface area contributed by atoms with Gasteiger partial charge in [0, 0.05) is 37.0 Å². The van der Waals surface area contributed by atoms with Gasteiger partial charge in [0.1, 0.15) is 5.69 Å². The Kier molecular flexibility index (Phi) is 3.90. The van der Waals surface area contributed by atoms with Crippen molar-refractivity contribution < 1.29 is 0 Å². The maximum atomic E-state index is 4.77. The van der Waals surface area contributed by atoms with Crippen LogP contribution in [0.15, 0.2) is 36.9 Å². The van der Waals surface area contributed by atoms with E-state index in [1.54, 1.807) is 24.8 Å². The van der Waals surface area contributed by atoms with Crippen LogP contribution < -0.4 is 4.90 Å². The van der Waals surface area contributed by atoms with Gasteiger partial charge in [0.2, 0.25) is 5.95 Å². The molecule has 1 aliphatic heterocycles. The van der Waals surface area contributed by atoms with Crippen LogP contribution >= 0.6 is 0 Å². The molecule has 122 valence electrons. The van der Waals surface area contributed by atoms with Gasteiger partial charge in [-0.25, -0.2) is 24.9 Å². The van der Waals surface area contributed by atoms with Crippen LogP contribution in [0.4, 0.5) is 5.95 Å². The summed E-state index contributed by atoms with van der Waals surface area (Å²) in [6.45, 7) is 2.91. The minimum Gasteiger partial charge on any atom is -0.343 e. The summed E-state index contributed by atoms with van der Waals surface area (Å²) in [6.07, 6.45) is 10.4. The highest BCUT2D eigenvalue weighted by atomic mass is 15.3. The fourth-order valence-corrected chi connectivity index (χ4v) is 3.15. The van der Waals surface area contributed by atoms with Gasteiger partial charge in [0.25, 0.3) is 0 Å². The molecule has 1 N–H and O–H groups in total. The smallest absolute Gasteiger partial charge is 0.225 e. The topological polar surface area (TPSA) is 83.5 Å². The molecule has 3 aromatic heterocycles. The van der Waals surface area contributed by atoms with Crippen molar-refractivity contribution in [1.82, 2.24) is 29.9 Å². The number of nitrogens with zero attached hydrogens (tertiary/aromatic N) is 6. The molecule has 4 rings (SSSR count). The molecule has 0 amide bonds. The molecule has 24 heavy (non-hydrogen) atoms. The van der Waals surface area contributed by atoms with Crippen molar-refractivity contribution in [2.45, 2.75) is 32.2 Å². The quantitative estimate of drug-likeness (QED) is 0.798. The Morgan fingerprint density at radius 2 is 1.96 bits per heavy atom. The lowest BCUT2D eigenvalue weighted by Crippen LogP contribution is -2.35. The largest absolute Gasteiger partial charge is 0.343 e. The number of imidazole rings is 1. The Hall–Kier alpha value is -2.83. The molecule has 0 aliphatic carbocycles. The second-order valence-corrected chi connectivity index (χ2v) is 5.94. The van der Waals surface area contributed by atoms with Crippen molar-refractivity contribution >= 4 is 5.95 Å². The van der Waals surface area contributed by atoms with E-state index in [-0.39, 0.29) is 6.04 Å². The molecule has 1 saturated heterocycles. The highest BCUT2D eigenvalue weighted by Gasteiger charge is 2.28. The van der Waals surface area contributed by atoms with Gasteiger partial charge in [-0.2, -0.15) is 0 Å². The Bertz CT molecular complexity index is 801. The fraction of sp³-hybridized carbons (Fsp3) is 0.353. The maximum absolute atomic E-state index is 4.77. The molecule has 7 heteroatoms. The van der Waals surface area contributed by atoms with Crippen molar-refractivity contribution in [3.8, 4) is 11.5 Å². The molecule has 1 fully saturated rings. The first-order valence-corrected chi connectivity index (χ1v) is 8.20. The number of piperidine rings is 1.